The standard InChI is InChI=1S/C19H28N2O2/c1-2-23-14-19(9-5-10-19)13-21-18(22)17-7-4-3-6-16(17)15-8-11-20-12-15/h3-4,6-7,15,20H,2,5,8-14H2,1H3,(H,21,22). The first-order chi connectivity index (χ1) is 11.2. The van der Waals surface area contributed by atoms with Crippen LogP contribution < -0.4 is 10.6 Å². The van der Waals surface area contributed by atoms with E-state index in [0.29, 0.717) is 5.92 Å². The Bertz CT molecular complexity index is 534. The Labute approximate surface area is 139 Å². The molecule has 2 fully saturated rings. The molecule has 4 nitrogen and oxygen atoms in total. The zero-order valence-electron chi connectivity index (χ0n) is 14.1. The van der Waals surface area contributed by atoms with Crippen LogP contribution in [0.1, 0.15) is 54.4 Å². The van der Waals surface area contributed by atoms with Crippen LogP contribution in [0.4, 0.5) is 0 Å². The minimum absolute atomic E-state index is 0.0651. The van der Waals surface area contributed by atoms with E-state index in [0.717, 1.165) is 57.7 Å². The molecule has 1 aliphatic carbocycles. The molecule has 1 heterocycles. The van der Waals surface area contributed by atoms with Gasteiger partial charge in [0.05, 0.1) is 6.61 Å². The zero-order chi connectivity index (χ0) is 16.1. The second-order valence-electron chi connectivity index (χ2n) is 6.95. The van der Waals surface area contributed by atoms with E-state index in [9.17, 15) is 4.79 Å². The predicted molar refractivity (Wildman–Crippen MR) is 91.8 cm³/mol. The highest BCUT2D eigenvalue weighted by Crippen LogP contribution is 2.40. The quantitative estimate of drug-likeness (QED) is 0.813. The monoisotopic (exact) mass is 316 g/mol. The van der Waals surface area contributed by atoms with E-state index in [-0.39, 0.29) is 11.3 Å². The van der Waals surface area contributed by atoms with Crippen LogP contribution >= 0.6 is 0 Å². The van der Waals surface area contributed by atoms with Gasteiger partial charge in [-0.1, -0.05) is 24.6 Å². The number of hydrogen-bond donors (Lipinski definition) is 2. The largest absolute Gasteiger partial charge is 0.381 e. The first-order valence-corrected chi connectivity index (χ1v) is 8.90. The number of rotatable bonds is 7. The molecule has 23 heavy (non-hydrogen) atoms. The summed E-state index contributed by atoms with van der Waals surface area (Å²) in [6.07, 6.45) is 4.66. The molecule has 1 saturated heterocycles. The molecule has 2 aliphatic rings. The van der Waals surface area contributed by atoms with Gasteiger partial charge in [-0.15, -0.1) is 0 Å². The van der Waals surface area contributed by atoms with Gasteiger partial charge in [-0.25, -0.2) is 0 Å². The Morgan fingerprint density at radius 3 is 2.87 bits per heavy atom. The average Bonchev–Trinajstić information content (AvgIpc) is 3.07. The fourth-order valence-electron chi connectivity index (χ4n) is 3.71. The molecule has 1 amide bonds. The van der Waals surface area contributed by atoms with Crippen LogP contribution in [-0.2, 0) is 4.74 Å². The van der Waals surface area contributed by atoms with E-state index in [1.54, 1.807) is 0 Å². The van der Waals surface area contributed by atoms with Crippen molar-refractivity contribution in [3.05, 3.63) is 35.4 Å². The van der Waals surface area contributed by atoms with Crippen molar-refractivity contribution in [3.8, 4) is 0 Å². The third-order valence-corrected chi connectivity index (χ3v) is 5.36. The Morgan fingerprint density at radius 2 is 2.22 bits per heavy atom. The molecular formula is C19H28N2O2. The lowest BCUT2D eigenvalue weighted by molar-refractivity contribution is -0.000190. The van der Waals surface area contributed by atoms with Crippen molar-refractivity contribution < 1.29 is 9.53 Å². The predicted octanol–water partition coefficient (Wildman–Crippen LogP) is 2.70. The molecular weight excluding hydrogens is 288 g/mol. The van der Waals surface area contributed by atoms with Crippen molar-refractivity contribution >= 4 is 5.91 Å². The van der Waals surface area contributed by atoms with Crippen molar-refractivity contribution in [2.45, 2.75) is 38.5 Å². The number of carbonyl (C=O) groups is 1. The average molecular weight is 316 g/mol. The molecule has 0 spiro atoms. The minimum atomic E-state index is 0.0651. The van der Waals surface area contributed by atoms with Gasteiger partial charge in [0.2, 0.25) is 0 Å². The van der Waals surface area contributed by atoms with Crippen LogP contribution in [0.2, 0.25) is 0 Å². The van der Waals surface area contributed by atoms with Gasteiger partial charge in [0, 0.05) is 30.7 Å². The minimum Gasteiger partial charge on any atom is -0.381 e. The Hall–Kier alpha value is -1.39. The molecule has 2 N–H and O–H groups in total. The van der Waals surface area contributed by atoms with Crippen molar-refractivity contribution in [3.63, 3.8) is 0 Å². The van der Waals surface area contributed by atoms with Crippen LogP contribution in [0.15, 0.2) is 24.3 Å². The van der Waals surface area contributed by atoms with E-state index < -0.39 is 0 Å². The highest BCUT2D eigenvalue weighted by Gasteiger charge is 2.37. The second-order valence-corrected chi connectivity index (χ2v) is 6.95. The number of amides is 1. The maximum Gasteiger partial charge on any atom is 0.251 e. The third-order valence-electron chi connectivity index (χ3n) is 5.36. The normalized spacial score (nSPS) is 22.6. The smallest absolute Gasteiger partial charge is 0.251 e. The number of hydrogen-bond acceptors (Lipinski definition) is 3. The van der Waals surface area contributed by atoms with E-state index in [1.807, 2.05) is 25.1 Å². The maximum atomic E-state index is 12.7. The van der Waals surface area contributed by atoms with Gasteiger partial charge in [-0.3, -0.25) is 4.79 Å². The molecule has 0 aromatic heterocycles. The van der Waals surface area contributed by atoms with E-state index in [2.05, 4.69) is 16.7 Å². The fourth-order valence-corrected chi connectivity index (χ4v) is 3.71. The molecule has 0 radical (unpaired) electrons. The zero-order valence-corrected chi connectivity index (χ0v) is 14.1. The van der Waals surface area contributed by atoms with Crippen molar-refractivity contribution in [1.29, 1.82) is 0 Å². The molecule has 1 aromatic carbocycles. The molecule has 1 saturated carbocycles. The molecule has 1 aliphatic heterocycles. The summed E-state index contributed by atoms with van der Waals surface area (Å²) in [4.78, 5) is 12.7. The van der Waals surface area contributed by atoms with Crippen molar-refractivity contribution in [2.24, 2.45) is 5.41 Å². The summed E-state index contributed by atoms with van der Waals surface area (Å²) >= 11 is 0. The van der Waals surface area contributed by atoms with Crippen LogP contribution in [0.5, 0.6) is 0 Å². The second kappa shape index (κ2) is 7.45. The van der Waals surface area contributed by atoms with Gasteiger partial charge < -0.3 is 15.4 Å². The lowest BCUT2D eigenvalue weighted by Crippen LogP contribution is -2.45. The summed E-state index contributed by atoms with van der Waals surface area (Å²) in [6, 6.07) is 8.05. The number of benzene rings is 1. The van der Waals surface area contributed by atoms with Crippen LogP contribution in [0, 0.1) is 5.41 Å². The Balaban J connectivity index is 1.64. The number of carbonyl (C=O) groups excluding carboxylic acids is 1. The summed E-state index contributed by atoms with van der Waals surface area (Å²) in [6.45, 7) is 6.27. The van der Waals surface area contributed by atoms with Crippen molar-refractivity contribution in [1.82, 2.24) is 10.6 Å². The summed E-state index contributed by atoms with van der Waals surface area (Å²) < 4.78 is 5.62. The summed E-state index contributed by atoms with van der Waals surface area (Å²) in [5.74, 6) is 0.522. The van der Waals surface area contributed by atoms with E-state index >= 15 is 0 Å². The van der Waals surface area contributed by atoms with Gasteiger partial charge in [-0.05, 0) is 50.3 Å². The molecule has 3 rings (SSSR count). The highest BCUT2D eigenvalue weighted by atomic mass is 16.5. The lowest BCUT2D eigenvalue weighted by Gasteiger charge is -2.41. The van der Waals surface area contributed by atoms with Crippen LogP contribution in [0.25, 0.3) is 0 Å². The third kappa shape index (κ3) is 3.75. The fraction of sp³-hybridized carbons (Fsp3) is 0.632. The number of nitrogens with one attached hydrogen (secondary N) is 2. The molecule has 1 atom stereocenters. The molecule has 4 heteroatoms. The van der Waals surface area contributed by atoms with Gasteiger partial charge in [0.1, 0.15) is 0 Å². The van der Waals surface area contributed by atoms with Crippen LogP contribution in [0.3, 0.4) is 0 Å². The topological polar surface area (TPSA) is 50.4 Å². The van der Waals surface area contributed by atoms with Crippen molar-refractivity contribution in [2.75, 3.05) is 32.8 Å². The van der Waals surface area contributed by atoms with Gasteiger partial charge in [0.15, 0.2) is 0 Å². The Kier molecular flexibility index (Phi) is 5.34. The Morgan fingerprint density at radius 1 is 1.39 bits per heavy atom. The molecule has 1 unspecified atom stereocenters. The van der Waals surface area contributed by atoms with E-state index in [4.69, 9.17) is 4.74 Å². The number of ether oxygens (including phenoxy) is 1. The summed E-state index contributed by atoms with van der Waals surface area (Å²) in [7, 11) is 0. The lowest BCUT2D eigenvalue weighted by atomic mass is 9.69. The first-order valence-electron chi connectivity index (χ1n) is 8.90. The summed E-state index contributed by atoms with van der Waals surface area (Å²) in [5, 5.41) is 6.56. The maximum absolute atomic E-state index is 12.7. The van der Waals surface area contributed by atoms with Gasteiger partial charge >= 0.3 is 0 Å². The molecule has 0 bridgehead atoms. The molecule has 1 aromatic rings. The SMILES string of the molecule is CCOCC1(CNC(=O)c2ccccc2C2CCNC2)CCC1. The van der Waals surface area contributed by atoms with Crippen LogP contribution in [-0.4, -0.2) is 38.8 Å². The van der Waals surface area contributed by atoms with E-state index in [1.165, 1.54) is 12.0 Å². The summed E-state index contributed by atoms with van der Waals surface area (Å²) in [5.41, 5.74) is 2.18. The van der Waals surface area contributed by atoms with Gasteiger partial charge in [0.25, 0.3) is 5.91 Å². The van der Waals surface area contributed by atoms with Gasteiger partial charge in [-0.2, -0.15) is 0 Å². The highest BCUT2D eigenvalue weighted by molar-refractivity contribution is 5.95. The first kappa shape index (κ1) is 16.5. The molecule has 126 valence electrons.